The standard InChI is InChI=1S/C20H21ClN2O5/c1-26-16-8-12(9-17(27-2)19(16)28-3)20(25)22-14-10-18(24)23(11-14)15-6-4-13(21)5-7-15/h4-9,14H,10-11H2,1-3H3,(H,22,25)/t14-/m0/s1. The van der Waals surface area contributed by atoms with Crippen LogP contribution in [0.5, 0.6) is 17.2 Å². The predicted octanol–water partition coefficient (Wildman–Crippen LogP) is 2.90. The van der Waals surface area contributed by atoms with Gasteiger partial charge in [-0.2, -0.15) is 0 Å². The van der Waals surface area contributed by atoms with Crippen molar-refractivity contribution in [2.45, 2.75) is 12.5 Å². The lowest BCUT2D eigenvalue weighted by molar-refractivity contribution is -0.117. The van der Waals surface area contributed by atoms with E-state index in [0.717, 1.165) is 5.69 Å². The predicted molar refractivity (Wildman–Crippen MR) is 106 cm³/mol. The molecule has 1 N–H and O–H groups in total. The average molecular weight is 405 g/mol. The number of hydrogen-bond acceptors (Lipinski definition) is 5. The molecule has 1 heterocycles. The van der Waals surface area contributed by atoms with Crippen molar-refractivity contribution in [3.8, 4) is 17.2 Å². The molecule has 1 aliphatic rings. The van der Waals surface area contributed by atoms with Crippen molar-refractivity contribution in [3.63, 3.8) is 0 Å². The highest BCUT2D eigenvalue weighted by Crippen LogP contribution is 2.38. The Morgan fingerprint density at radius 2 is 1.68 bits per heavy atom. The number of anilines is 1. The average Bonchev–Trinajstić information content (AvgIpc) is 3.07. The molecule has 8 heteroatoms. The Kier molecular flexibility index (Phi) is 5.94. The number of halogens is 1. The van der Waals surface area contributed by atoms with Crippen LogP contribution >= 0.6 is 11.6 Å². The molecule has 2 amide bonds. The first-order chi connectivity index (χ1) is 13.5. The van der Waals surface area contributed by atoms with E-state index < -0.39 is 0 Å². The molecule has 0 radical (unpaired) electrons. The molecule has 28 heavy (non-hydrogen) atoms. The topological polar surface area (TPSA) is 77.1 Å². The minimum Gasteiger partial charge on any atom is -0.493 e. The van der Waals surface area contributed by atoms with Crippen molar-refractivity contribution in [2.24, 2.45) is 0 Å². The van der Waals surface area contributed by atoms with Crippen LogP contribution in [0.4, 0.5) is 5.69 Å². The summed E-state index contributed by atoms with van der Waals surface area (Å²) in [6, 6.07) is 9.86. The maximum Gasteiger partial charge on any atom is 0.251 e. The number of carbonyl (C=O) groups excluding carboxylic acids is 2. The van der Waals surface area contributed by atoms with Gasteiger partial charge in [-0.25, -0.2) is 0 Å². The monoisotopic (exact) mass is 404 g/mol. The van der Waals surface area contributed by atoms with Crippen LogP contribution in [-0.4, -0.2) is 45.7 Å². The van der Waals surface area contributed by atoms with Gasteiger partial charge in [0.05, 0.1) is 27.4 Å². The third kappa shape index (κ3) is 3.99. The molecule has 148 valence electrons. The summed E-state index contributed by atoms with van der Waals surface area (Å²) in [4.78, 5) is 26.7. The molecular weight excluding hydrogens is 384 g/mol. The van der Waals surface area contributed by atoms with Crippen LogP contribution in [0.3, 0.4) is 0 Å². The molecule has 2 aromatic carbocycles. The molecule has 1 saturated heterocycles. The van der Waals surface area contributed by atoms with Crippen LogP contribution in [0.25, 0.3) is 0 Å². The molecule has 7 nitrogen and oxygen atoms in total. The normalized spacial score (nSPS) is 16.1. The summed E-state index contributed by atoms with van der Waals surface area (Å²) in [6.45, 7) is 0.386. The van der Waals surface area contributed by atoms with Gasteiger partial charge in [0, 0.05) is 29.2 Å². The third-order valence-corrected chi connectivity index (χ3v) is 4.78. The number of amides is 2. The van der Waals surface area contributed by atoms with Crippen molar-refractivity contribution in [1.82, 2.24) is 5.32 Å². The van der Waals surface area contributed by atoms with Crippen molar-refractivity contribution < 1.29 is 23.8 Å². The van der Waals surface area contributed by atoms with Crippen LogP contribution in [0.2, 0.25) is 5.02 Å². The van der Waals surface area contributed by atoms with Gasteiger partial charge in [0.2, 0.25) is 11.7 Å². The molecule has 1 aliphatic heterocycles. The molecule has 0 saturated carbocycles. The van der Waals surface area contributed by atoms with Gasteiger partial charge in [-0.3, -0.25) is 9.59 Å². The summed E-state index contributed by atoms with van der Waals surface area (Å²) in [5.74, 6) is 0.800. The van der Waals surface area contributed by atoms with Crippen LogP contribution in [0.15, 0.2) is 36.4 Å². The van der Waals surface area contributed by atoms with Gasteiger partial charge in [-0.05, 0) is 36.4 Å². The molecule has 0 aromatic heterocycles. The summed E-state index contributed by atoms with van der Waals surface area (Å²) in [7, 11) is 4.47. The van der Waals surface area contributed by atoms with Gasteiger partial charge in [0.15, 0.2) is 11.5 Å². The first kappa shape index (κ1) is 19.8. The Morgan fingerprint density at radius 1 is 1.07 bits per heavy atom. The van der Waals surface area contributed by atoms with E-state index in [9.17, 15) is 9.59 Å². The fraction of sp³-hybridized carbons (Fsp3) is 0.300. The number of nitrogens with zero attached hydrogens (tertiary/aromatic N) is 1. The highest BCUT2D eigenvalue weighted by Gasteiger charge is 2.32. The molecule has 0 bridgehead atoms. The molecule has 1 fully saturated rings. The zero-order valence-corrected chi connectivity index (χ0v) is 16.6. The SMILES string of the molecule is COc1cc(C(=O)N[C@H]2CC(=O)N(c3ccc(Cl)cc3)C2)cc(OC)c1OC. The number of carbonyl (C=O) groups is 2. The van der Waals surface area contributed by atoms with Gasteiger partial charge in [-0.1, -0.05) is 11.6 Å². The second-order valence-corrected chi connectivity index (χ2v) is 6.71. The van der Waals surface area contributed by atoms with Crippen molar-refractivity contribution in [1.29, 1.82) is 0 Å². The Labute approximate surface area is 168 Å². The maximum absolute atomic E-state index is 12.7. The fourth-order valence-corrected chi connectivity index (χ4v) is 3.28. The van der Waals surface area contributed by atoms with Gasteiger partial charge in [0.25, 0.3) is 5.91 Å². The molecule has 2 aromatic rings. The van der Waals surface area contributed by atoms with Crippen LogP contribution < -0.4 is 24.4 Å². The highest BCUT2D eigenvalue weighted by molar-refractivity contribution is 6.30. The molecular formula is C20H21ClN2O5. The molecule has 3 rings (SSSR count). The van der Waals surface area contributed by atoms with Crippen molar-refractivity contribution in [3.05, 3.63) is 47.0 Å². The van der Waals surface area contributed by atoms with E-state index in [4.69, 9.17) is 25.8 Å². The minimum absolute atomic E-state index is 0.0579. The number of ether oxygens (including phenoxy) is 3. The Morgan fingerprint density at radius 3 is 2.21 bits per heavy atom. The van der Waals surface area contributed by atoms with Crippen LogP contribution in [-0.2, 0) is 4.79 Å². The fourth-order valence-electron chi connectivity index (χ4n) is 3.16. The van der Waals surface area contributed by atoms with Crippen LogP contribution in [0, 0.1) is 0 Å². The van der Waals surface area contributed by atoms with E-state index in [0.29, 0.717) is 34.4 Å². The molecule has 0 unspecified atom stereocenters. The first-order valence-corrected chi connectivity index (χ1v) is 9.01. The lowest BCUT2D eigenvalue weighted by atomic mass is 10.1. The van der Waals surface area contributed by atoms with E-state index in [1.165, 1.54) is 21.3 Å². The summed E-state index contributed by atoms with van der Waals surface area (Å²) in [5.41, 5.74) is 1.10. The molecule has 1 atom stereocenters. The zero-order valence-electron chi connectivity index (χ0n) is 15.8. The van der Waals surface area contributed by atoms with Gasteiger partial charge in [-0.15, -0.1) is 0 Å². The van der Waals surface area contributed by atoms with E-state index >= 15 is 0 Å². The van der Waals surface area contributed by atoms with Gasteiger partial charge in [0.1, 0.15) is 0 Å². The Balaban J connectivity index is 1.75. The Bertz CT molecular complexity index is 860. The number of benzene rings is 2. The number of hydrogen-bond donors (Lipinski definition) is 1. The number of rotatable bonds is 6. The van der Waals surface area contributed by atoms with E-state index in [2.05, 4.69) is 5.32 Å². The second kappa shape index (κ2) is 8.39. The summed E-state index contributed by atoms with van der Waals surface area (Å²) < 4.78 is 15.8. The smallest absolute Gasteiger partial charge is 0.251 e. The number of methoxy groups -OCH3 is 3. The summed E-state index contributed by atoms with van der Waals surface area (Å²) in [5, 5.41) is 3.50. The maximum atomic E-state index is 12.7. The largest absolute Gasteiger partial charge is 0.493 e. The van der Waals surface area contributed by atoms with E-state index in [-0.39, 0.29) is 24.3 Å². The van der Waals surface area contributed by atoms with E-state index in [1.54, 1.807) is 41.3 Å². The zero-order chi connectivity index (χ0) is 20.3. The van der Waals surface area contributed by atoms with Crippen LogP contribution in [0.1, 0.15) is 16.8 Å². The highest BCUT2D eigenvalue weighted by atomic mass is 35.5. The second-order valence-electron chi connectivity index (χ2n) is 6.27. The quantitative estimate of drug-likeness (QED) is 0.801. The third-order valence-electron chi connectivity index (χ3n) is 4.53. The minimum atomic E-state index is -0.324. The summed E-state index contributed by atoms with van der Waals surface area (Å²) >= 11 is 5.90. The van der Waals surface area contributed by atoms with Gasteiger partial charge >= 0.3 is 0 Å². The summed E-state index contributed by atoms with van der Waals surface area (Å²) in [6.07, 6.45) is 0.221. The number of nitrogens with one attached hydrogen (secondary N) is 1. The first-order valence-electron chi connectivity index (χ1n) is 8.63. The van der Waals surface area contributed by atoms with Gasteiger partial charge < -0.3 is 24.4 Å². The molecule has 0 spiro atoms. The lowest BCUT2D eigenvalue weighted by Crippen LogP contribution is -2.37. The van der Waals surface area contributed by atoms with E-state index in [1.807, 2.05) is 0 Å². The van der Waals surface area contributed by atoms with Crippen molar-refractivity contribution in [2.75, 3.05) is 32.8 Å². The molecule has 0 aliphatic carbocycles. The lowest BCUT2D eigenvalue weighted by Gasteiger charge is -2.18. The Hall–Kier alpha value is -2.93. The van der Waals surface area contributed by atoms with Crippen molar-refractivity contribution >= 4 is 29.1 Å².